The average molecular weight is 405 g/mol. The molecule has 2 heterocycles. The number of amides is 1. The Morgan fingerprint density at radius 3 is 2.68 bits per heavy atom. The number of aryl methyl sites for hydroxylation is 1. The predicted octanol–water partition coefficient (Wildman–Crippen LogP) is 2.99. The number of likely N-dealkylation sites (tertiary alicyclic amines) is 1. The number of hydrogen-bond acceptors (Lipinski definition) is 4. The lowest BCUT2D eigenvalue weighted by molar-refractivity contribution is 0.0775. The zero-order valence-corrected chi connectivity index (χ0v) is 16.3. The minimum Gasteiger partial charge on any atom is -0.336 e. The summed E-state index contributed by atoms with van der Waals surface area (Å²) in [7, 11) is 1.92. The highest BCUT2D eigenvalue weighted by atomic mass is 35.5. The molecule has 1 atom stereocenters. The van der Waals surface area contributed by atoms with Gasteiger partial charge in [-0.1, -0.05) is 29.3 Å². The van der Waals surface area contributed by atoms with Crippen LogP contribution in [0.3, 0.4) is 0 Å². The van der Waals surface area contributed by atoms with Crippen LogP contribution in [0.5, 0.6) is 0 Å². The van der Waals surface area contributed by atoms with Crippen molar-refractivity contribution < 1.29 is 4.79 Å². The van der Waals surface area contributed by atoms with E-state index in [2.05, 4.69) is 15.4 Å². The Kier molecular flexibility index (Phi) is 6.68. The zero-order chi connectivity index (χ0) is 17.3. The molecule has 0 spiro atoms. The Labute approximate surface area is 162 Å². The summed E-state index contributed by atoms with van der Waals surface area (Å²) in [6.45, 7) is 4.13. The second-order valence-corrected chi connectivity index (χ2v) is 6.74. The number of nitrogens with one attached hydrogen (secondary N) is 1. The standard InChI is InChI=1S/C16H19Cl2N5O.ClH/c1-10-20-15(16(24)22-7-6-11(9-22)8-19-2)21-23(10)14-12(17)4-3-5-13(14)18;/h3-5,11,19H,6-9H2,1-2H3;1H. The second-order valence-electron chi connectivity index (χ2n) is 5.93. The van der Waals surface area contributed by atoms with Crippen LogP contribution in [0.25, 0.3) is 5.69 Å². The molecule has 2 aromatic rings. The van der Waals surface area contributed by atoms with Crippen LogP contribution in [0.2, 0.25) is 10.0 Å². The highest BCUT2D eigenvalue weighted by molar-refractivity contribution is 6.37. The minimum atomic E-state index is -0.154. The predicted molar refractivity (Wildman–Crippen MR) is 101 cm³/mol. The van der Waals surface area contributed by atoms with Crippen molar-refractivity contribution >= 4 is 41.5 Å². The van der Waals surface area contributed by atoms with Crippen LogP contribution < -0.4 is 5.32 Å². The Morgan fingerprint density at radius 1 is 1.36 bits per heavy atom. The van der Waals surface area contributed by atoms with E-state index in [0.717, 1.165) is 26.1 Å². The van der Waals surface area contributed by atoms with Crippen molar-refractivity contribution in [3.63, 3.8) is 0 Å². The Hall–Kier alpha value is -1.34. The number of rotatable bonds is 4. The van der Waals surface area contributed by atoms with Crippen LogP contribution >= 0.6 is 35.6 Å². The molecule has 1 aliphatic heterocycles. The fourth-order valence-electron chi connectivity index (χ4n) is 3.00. The Balaban J connectivity index is 0.00000225. The van der Waals surface area contributed by atoms with Crippen molar-refractivity contribution in [1.82, 2.24) is 25.0 Å². The number of hydrogen-bond donors (Lipinski definition) is 1. The SMILES string of the molecule is CNCC1CCN(C(=O)c2nc(C)n(-c3c(Cl)cccc3Cl)n2)C1.Cl. The van der Waals surface area contributed by atoms with Crippen LogP contribution in [0.15, 0.2) is 18.2 Å². The summed E-state index contributed by atoms with van der Waals surface area (Å²) in [5.74, 6) is 1.06. The maximum atomic E-state index is 12.7. The Morgan fingerprint density at radius 2 is 2.04 bits per heavy atom. The molecule has 25 heavy (non-hydrogen) atoms. The van der Waals surface area contributed by atoms with Crippen molar-refractivity contribution in [3.05, 3.63) is 39.9 Å². The van der Waals surface area contributed by atoms with Gasteiger partial charge in [-0.05, 0) is 45.0 Å². The molecule has 0 aliphatic carbocycles. The highest BCUT2D eigenvalue weighted by Gasteiger charge is 2.29. The number of aromatic nitrogens is 3. The summed E-state index contributed by atoms with van der Waals surface area (Å²) in [4.78, 5) is 18.8. The first kappa shape index (κ1) is 20.0. The number of benzene rings is 1. The van der Waals surface area contributed by atoms with E-state index in [0.29, 0.717) is 27.5 Å². The summed E-state index contributed by atoms with van der Waals surface area (Å²) in [5, 5.41) is 8.43. The van der Waals surface area contributed by atoms with E-state index in [4.69, 9.17) is 23.2 Å². The van der Waals surface area contributed by atoms with Gasteiger partial charge in [-0.2, -0.15) is 0 Å². The number of halogens is 3. The van der Waals surface area contributed by atoms with Gasteiger partial charge in [-0.15, -0.1) is 17.5 Å². The maximum absolute atomic E-state index is 12.7. The lowest BCUT2D eigenvalue weighted by Crippen LogP contribution is -2.31. The van der Waals surface area contributed by atoms with Gasteiger partial charge < -0.3 is 10.2 Å². The number of carbonyl (C=O) groups excluding carboxylic acids is 1. The molecule has 9 heteroatoms. The third kappa shape index (κ3) is 4.08. The molecule has 1 unspecified atom stereocenters. The van der Waals surface area contributed by atoms with Gasteiger partial charge in [0.1, 0.15) is 11.5 Å². The molecule has 1 fully saturated rings. The van der Waals surface area contributed by atoms with E-state index in [1.165, 1.54) is 4.68 Å². The lowest BCUT2D eigenvalue weighted by Gasteiger charge is -2.14. The molecule has 136 valence electrons. The van der Waals surface area contributed by atoms with Gasteiger partial charge in [-0.25, -0.2) is 9.67 Å². The molecule has 1 amide bonds. The molecule has 3 rings (SSSR count). The fourth-order valence-corrected chi connectivity index (χ4v) is 3.56. The highest BCUT2D eigenvalue weighted by Crippen LogP contribution is 2.28. The van der Waals surface area contributed by atoms with Crippen molar-refractivity contribution in [2.75, 3.05) is 26.7 Å². The molecule has 1 N–H and O–H groups in total. The number of para-hydroxylation sites is 1. The van der Waals surface area contributed by atoms with Gasteiger partial charge in [0.15, 0.2) is 0 Å². The average Bonchev–Trinajstić information content (AvgIpc) is 3.15. The maximum Gasteiger partial charge on any atom is 0.293 e. The molecule has 1 saturated heterocycles. The minimum absolute atomic E-state index is 0. The van der Waals surface area contributed by atoms with Crippen molar-refractivity contribution in [2.24, 2.45) is 5.92 Å². The zero-order valence-electron chi connectivity index (χ0n) is 14.0. The summed E-state index contributed by atoms with van der Waals surface area (Å²) < 4.78 is 1.53. The monoisotopic (exact) mass is 403 g/mol. The van der Waals surface area contributed by atoms with Gasteiger partial charge in [0.2, 0.25) is 5.82 Å². The topological polar surface area (TPSA) is 63.1 Å². The summed E-state index contributed by atoms with van der Waals surface area (Å²) in [6, 6.07) is 5.22. The Bertz CT molecular complexity index is 744. The first-order chi connectivity index (χ1) is 11.5. The van der Waals surface area contributed by atoms with E-state index in [-0.39, 0.29) is 24.1 Å². The van der Waals surface area contributed by atoms with Gasteiger partial charge in [-0.3, -0.25) is 4.79 Å². The van der Waals surface area contributed by atoms with E-state index in [1.54, 1.807) is 30.0 Å². The van der Waals surface area contributed by atoms with Gasteiger partial charge in [0, 0.05) is 13.1 Å². The van der Waals surface area contributed by atoms with E-state index < -0.39 is 0 Å². The van der Waals surface area contributed by atoms with Crippen LogP contribution in [0, 0.1) is 12.8 Å². The van der Waals surface area contributed by atoms with Crippen LogP contribution in [0.1, 0.15) is 22.9 Å². The summed E-state index contributed by atoms with van der Waals surface area (Å²) in [5.41, 5.74) is 0.541. The summed E-state index contributed by atoms with van der Waals surface area (Å²) in [6.07, 6.45) is 0.989. The molecular formula is C16H20Cl3N5O. The van der Waals surface area contributed by atoms with Crippen molar-refractivity contribution in [2.45, 2.75) is 13.3 Å². The van der Waals surface area contributed by atoms with Gasteiger partial charge >= 0.3 is 0 Å². The normalized spacial score (nSPS) is 16.8. The van der Waals surface area contributed by atoms with Gasteiger partial charge in [0.05, 0.1) is 10.0 Å². The van der Waals surface area contributed by atoms with Crippen LogP contribution in [0.4, 0.5) is 0 Å². The van der Waals surface area contributed by atoms with Crippen molar-refractivity contribution in [1.29, 1.82) is 0 Å². The number of carbonyl (C=O) groups is 1. The van der Waals surface area contributed by atoms with E-state index in [1.807, 2.05) is 7.05 Å². The third-order valence-electron chi connectivity index (χ3n) is 4.18. The van der Waals surface area contributed by atoms with Crippen LogP contribution in [-0.4, -0.2) is 52.3 Å². The fraction of sp³-hybridized carbons (Fsp3) is 0.438. The largest absolute Gasteiger partial charge is 0.336 e. The molecule has 0 radical (unpaired) electrons. The third-order valence-corrected chi connectivity index (χ3v) is 4.79. The first-order valence-electron chi connectivity index (χ1n) is 7.83. The molecule has 6 nitrogen and oxygen atoms in total. The molecule has 1 aliphatic rings. The quantitative estimate of drug-likeness (QED) is 0.851. The molecule has 1 aromatic heterocycles. The molecule has 1 aromatic carbocycles. The number of nitrogens with zero attached hydrogens (tertiary/aromatic N) is 4. The first-order valence-corrected chi connectivity index (χ1v) is 8.58. The van der Waals surface area contributed by atoms with Gasteiger partial charge in [0.25, 0.3) is 5.91 Å². The smallest absolute Gasteiger partial charge is 0.293 e. The van der Waals surface area contributed by atoms with Crippen LogP contribution in [-0.2, 0) is 0 Å². The second kappa shape index (κ2) is 8.36. The van der Waals surface area contributed by atoms with E-state index >= 15 is 0 Å². The summed E-state index contributed by atoms with van der Waals surface area (Å²) >= 11 is 12.5. The van der Waals surface area contributed by atoms with E-state index in [9.17, 15) is 4.79 Å². The molecule has 0 bridgehead atoms. The molecular weight excluding hydrogens is 385 g/mol. The molecule has 0 saturated carbocycles. The van der Waals surface area contributed by atoms with Crippen molar-refractivity contribution in [3.8, 4) is 5.69 Å². The lowest BCUT2D eigenvalue weighted by atomic mass is 10.1.